The van der Waals surface area contributed by atoms with E-state index in [1.165, 1.54) is 22.8 Å². The monoisotopic (exact) mass is 566 g/mol. The molecule has 0 aliphatic heterocycles. The van der Waals surface area contributed by atoms with E-state index in [1.807, 2.05) is 42.5 Å². The molecule has 0 spiro atoms. The van der Waals surface area contributed by atoms with Crippen molar-refractivity contribution >= 4 is 33.7 Å². The topological polar surface area (TPSA) is 86.1 Å². The van der Waals surface area contributed by atoms with Crippen LogP contribution >= 0.6 is 0 Å². The number of amides is 1. The highest BCUT2D eigenvalue weighted by Crippen LogP contribution is 2.33. The van der Waals surface area contributed by atoms with Gasteiger partial charge in [0, 0.05) is 40.5 Å². The fraction of sp³-hybridized carbons (Fsp3) is 0.0625. The van der Waals surface area contributed by atoms with Crippen LogP contribution < -0.4 is 10.9 Å². The lowest BCUT2D eigenvalue weighted by Crippen LogP contribution is -2.18. The molecule has 3 aromatic carbocycles. The number of alkyl halides is 3. The molecule has 0 fully saturated rings. The Morgan fingerprint density at radius 1 is 0.833 bits per heavy atom. The summed E-state index contributed by atoms with van der Waals surface area (Å²) in [6.45, 7) is 0.120. The lowest BCUT2D eigenvalue weighted by atomic mass is 10.0. The molecule has 0 aliphatic carbocycles. The molecule has 0 radical (unpaired) electrons. The van der Waals surface area contributed by atoms with Gasteiger partial charge in [0.1, 0.15) is 12.4 Å². The van der Waals surface area contributed by atoms with Gasteiger partial charge in [-0.2, -0.15) is 13.2 Å². The highest BCUT2D eigenvalue weighted by molar-refractivity contribution is 6.05. The second-order valence-electron chi connectivity index (χ2n) is 9.47. The van der Waals surface area contributed by atoms with Gasteiger partial charge in [-0.15, -0.1) is 0 Å². The smallest absolute Gasteiger partial charge is 0.416 e. The zero-order chi connectivity index (χ0) is 29.3. The highest BCUT2D eigenvalue weighted by Gasteiger charge is 2.30. The predicted octanol–water partition coefficient (Wildman–Crippen LogP) is 7.37. The highest BCUT2D eigenvalue weighted by atomic mass is 19.4. The van der Waals surface area contributed by atoms with Crippen LogP contribution in [-0.4, -0.2) is 20.6 Å². The van der Waals surface area contributed by atoms with E-state index >= 15 is 0 Å². The molecule has 3 aromatic heterocycles. The SMILES string of the molecule is O=C(Nc1ccc(-c2ccc3ncc4ccc(=O)n(-c5cccc(C(F)(F)F)c5)c4c3c2)cn1)OCc1ccccc1. The number of halogens is 3. The van der Waals surface area contributed by atoms with E-state index in [1.54, 1.807) is 36.7 Å². The van der Waals surface area contributed by atoms with E-state index in [2.05, 4.69) is 15.3 Å². The van der Waals surface area contributed by atoms with Gasteiger partial charge in [-0.25, -0.2) is 9.78 Å². The molecule has 1 amide bonds. The van der Waals surface area contributed by atoms with Crippen LogP contribution in [0.5, 0.6) is 0 Å². The van der Waals surface area contributed by atoms with E-state index in [0.717, 1.165) is 23.3 Å². The molecule has 10 heteroatoms. The number of benzene rings is 3. The largest absolute Gasteiger partial charge is 0.444 e. The maximum Gasteiger partial charge on any atom is 0.416 e. The van der Waals surface area contributed by atoms with Crippen molar-refractivity contribution in [2.45, 2.75) is 12.8 Å². The molecule has 1 N–H and O–H groups in total. The van der Waals surface area contributed by atoms with E-state index in [9.17, 15) is 22.8 Å². The zero-order valence-electron chi connectivity index (χ0n) is 21.8. The fourth-order valence-electron chi connectivity index (χ4n) is 4.67. The van der Waals surface area contributed by atoms with E-state index in [0.29, 0.717) is 33.2 Å². The lowest BCUT2D eigenvalue weighted by molar-refractivity contribution is -0.137. The Labute approximate surface area is 236 Å². The number of anilines is 1. The summed E-state index contributed by atoms with van der Waals surface area (Å²) in [7, 11) is 0. The average Bonchev–Trinajstić information content (AvgIpc) is 3.00. The van der Waals surface area contributed by atoms with Crippen molar-refractivity contribution in [3.8, 4) is 16.8 Å². The van der Waals surface area contributed by atoms with Crippen molar-refractivity contribution in [3.05, 3.63) is 131 Å². The van der Waals surface area contributed by atoms with Crippen LogP contribution in [0, 0.1) is 0 Å². The van der Waals surface area contributed by atoms with Gasteiger partial charge in [0.2, 0.25) is 0 Å². The minimum absolute atomic E-state index is 0.0922. The van der Waals surface area contributed by atoms with E-state index in [-0.39, 0.29) is 12.3 Å². The molecule has 208 valence electrons. The van der Waals surface area contributed by atoms with Crippen LogP contribution in [0.15, 0.2) is 114 Å². The van der Waals surface area contributed by atoms with Gasteiger partial charge in [-0.3, -0.25) is 19.7 Å². The molecular formula is C32H21F3N4O3. The number of carbonyl (C=O) groups excluding carboxylic acids is 1. The number of rotatable bonds is 5. The number of fused-ring (bicyclic) bond motifs is 3. The van der Waals surface area contributed by atoms with Crippen molar-refractivity contribution in [2.75, 3.05) is 5.32 Å². The Bertz CT molecular complexity index is 1990. The van der Waals surface area contributed by atoms with E-state index in [4.69, 9.17) is 4.74 Å². The zero-order valence-corrected chi connectivity index (χ0v) is 21.8. The first-order valence-electron chi connectivity index (χ1n) is 12.8. The van der Waals surface area contributed by atoms with Crippen LogP contribution in [0.2, 0.25) is 0 Å². The van der Waals surface area contributed by atoms with Crippen LogP contribution in [0.1, 0.15) is 11.1 Å². The predicted molar refractivity (Wildman–Crippen MR) is 153 cm³/mol. The number of hydrogen-bond acceptors (Lipinski definition) is 5. The molecule has 3 heterocycles. The number of pyridine rings is 3. The Kier molecular flexibility index (Phi) is 6.87. The Hall–Kier alpha value is -5.51. The molecule has 6 rings (SSSR count). The molecule has 0 atom stereocenters. The molecule has 0 saturated carbocycles. The van der Waals surface area contributed by atoms with Crippen LogP contribution in [0.4, 0.5) is 23.8 Å². The van der Waals surface area contributed by atoms with Crippen LogP contribution in [0.25, 0.3) is 38.6 Å². The third-order valence-corrected chi connectivity index (χ3v) is 6.69. The van der Waals surface area contributed by atoms with E-state index < -0.39 is 23.4 Å². The molecule has 42 heavy (non-hydrogen) atoms. The molecule has 0 saturated heterocycles. The lowest BCUT2D eigenvalue weighted by Gasteiger charge is -2.15. The standard InChI is InChI=1S/C32H21F3N4O3/c33-32(34,35)24-7-4-8-25(16-24)39-29(40)14-11-23-18-36-27-12-9-21(15-26(27)30(23)39)22-10-13-28(37-17-22)38-31(41)42-19-20-5-2-1-3-6-20/h1-18H,19H2,(H,37,38,41). The number of nitrogens with zero attached hydrogens (tertiary/aromatic N) is 3. The summed E-state index contributed by atoms with van der Waals surface area (Å²) < 4.78 is 46.9. The molecule has 0 bridgehead atoms. The van der Waals surface area contributed by atoms with Crippen molar-refractivity contribution in [1.82, 2.24) is 14.5 Å². The minimum Gasteiger partial charge on any atom is -0.444 e. The van der Waals surface area contributed by atoms with Gasteiger partial charge < -0.3 is 4.74 Å². The van der Waals surface area contributed by atoms with Crippen molar-refractivity contribution in [2.24, 2.45) is 0 Å². The van der Waals surface area contributed by atoms with Crippen molar-refractivity contribution < 1.29 is 22.7 Å². The number of hydrogen-bond donors (Lipinski definition) is 1. The summed E-state index contributed by atoms with van der Waals surface area (Å²) in [6.07, 6.45) is -2.05. The van der Waals surface area contributed by atoms with Gasteiger partial charge in [-0.1, -0.05) is 42.5 Å². The first kappa shape index (κ1) is 26.7. The summed E-state index contributed by atoms with van der Waals surface area (Å²) in [5.74, 6) is 0.295. The summed E-state index contributed by atoms with van der Waals surface area (Å²) in [5, 5.41) is 3.75. The molecule has 0 unspecified atom stereocenters. The van der Waals surface area contributed by atoms with Crippen LogP contribution in [0.3, 0.4) is 0 Å². The number of aromatic nitrogens is 3. The second-order valence-corrected chi connectivity index (χ2v) is 9.47. The quantitative estimate of drug-likeness (QED) is 0.220. The third-order valence-electron chi connectivity index (χ3n) is 6.69. The van der Waals surface area contributed by atoms with Crippen LogP contribution in [-0.2, 0) is 17.5 Å². The minimum atomic E-state index is -4.56. The number of ether oxygens (including phenoxy) is 1. The maximum absolute atomic E-state index is 13.5. The van der Waals surface area contributed by atoms with Gasteiger partial charge in [0.05, 0.1) is 16.6 Å². The molecular weight excluding hydrogens is 545 g/mol. The number of carbonyl (C=O) groups is 1. The third kappa shape index (κ3) is 5.42. The Morgan fingerprint density at radius 3 is 2.40 bits per heavy atom. The normalized spacial score (nSPS) is 11.5. The maximum atomic E-state index is 13.5. The fourth-order valence-corrected chi connectivity index (χ4v) is 4.67. The molecule has 0 aliphatic rings. The first-order valence-corrected chi connectivity index (χ1v) is 12.8. The summed E-state index contributed by atoms with van der Waals surface area (Å²) in [5.41, 5.74) is 2.05. The van der Waals surface area contributed by atoms with Gasteiger partial charge in [0.25, 0.3) is 5.56 Å². The number of nitrogens with one attached hydrogen (secondary N) is 1. The van der Waals surface area contributed by atoms with Gasteiger partial charge >= 0.3 is 12.3 Å². The van der Waals surface area contributed by atoms with Crippen molar-refractivity contribution in [3.63, 3.8) is 0 Å². The summed E-state index contributed by atoms with van der Waals surface area (Å²) >= 11 is 0. The summed E-state index contributed by atoms with van der Waals surface area (Å²) in [6, 6.07) is 25.6. The molecule has 7 nitrogen and oxygen atoms in total. The first-order chi connectivity index (χ1) is 20.3. The average molecular weight is 567 g/mol. The second kappa shape index (κ2) is 10.8. The van der Waals surface area contributed by atoms with Gasteiger partial charge in [0.15, 0.2) is 0 Å². The Morgan fingerprint density at radius 2 is 1.64 bits per heavy atom. The molecule has 6 aromatic rings. The summed E-state index contributed by atoms with van der Waals surface area (Å²) in [4.78, 5) is 34.0. The Balaban J connectivity index is 1.34. The van der Waals surface area contributed by atoms with Crippen molar-refractivity contribution in [1.29, 1.82) is 0 Å². The van der Waals surface area contributed by atoms with Gasteiger partial charge in [-0.05, 0) is 59.7 Å².